The van der Waals surface area contributed by atoms with Crippen molar-refractivity contribution in [2.45, 2.75) is 37.0 Å². The van der Waals surface area contributed by atoms with E-state index in [2.05, 4.69) is 0 Å². The van der Waals surface area contributed by atoms with Crippen molar-refractivity contribution in [3.63, 3.8) is 0 Å². The molecule has 4 nitrogen and oxygen atoms in total. The van der Waals surface area contributed by atoms with E-state index in [1.807, 2.05) is 6.92 Å². The van der Waals surface area contributed by atoms with Crippen molar-refractivity contribution in [2.24, 2.45) is 5.73 Å². The molecule has 0 aromatic carbocycles. The van der Waals surface area contributed by atoms with E-state index in [1.165, 1.54) is 4.31 Å². The van der Waals surface area contributed by atoms with E-state index in [-0.39, 0.29) is 10.8 Å². The first-order chi connectivity index (χ1) is 5.98. The first kappa shape index (κ1) is 9.43. The zero-order valence-corrected chi connectivity index (χ0v) is 8.68. The molecule has 2 N–H and O–H groups in total. The van der Waals surface area contributed by atoms with Crippen LogP contribution >= 0.6 is 0 Å². The summed E-state index contributed by atoms with van der Waals surface area (Å²) in [6.45, 7) is 3.03. The number of sulfonamides is 1. The number of nitrogens with two attached hydrogens (primary N) is 1. The van der Waals surface area contributed by atoms with Crippen molar-refractivity contribution in [3.05, 3.63) is 0 Å². The van der Waals surface area contributed by atoms with Gasteiger partial charge in [-0.05, 0) is 19.3 Å². The molecule has 1 aliphatic carbocycles. The highest BCUT2D eigenvalue weighted by atomic mass is 32.2. The summed E-state index contributed by atoms with van der Waals surface area (Å²) in [6.07, 6.45) is 2.52. The lowest BCUT2D eigenvalue weighted by molar-refractivity contribution is 0.153. The second kappa shape index (κ2) is 2.68. The Bertz CT molecular complexity index is 302. The van der Waals surface area contributed by atoms with Gasteiger partial charge in [-0.1, -0.05) is 6.92 Å². The van der Waals surface area contributed by atoms with Crippen LogP contribution in [0.5, 0.6) is 0 Å². The molecule has 0 aromatic rings. The third kappa shape index (κ3) is 1.49. The molecule has 0 atom stereocenters. The highest BCUT2D eigenvalue weighted by Crippen LogP contribution is 2.35. The molecule has 0 radical (unpaired) electrons. The number of hydrogen-bond donors (Lipinski definition) is 1. The summed E-state index contributed by atoms with van der Waals surface area (Å²) in [5.74, 6) is 0. The van der Waals surface area contributed by atoms with Gasteiger partial charge in [0.15, 0.2) is 0 Å². The zero-order valence-electron chi connectivity index (χ0n) is 7.86. The van der Waals surface area contributed by atoms with Crippen molar-refractivity contribution in [1.82, 2.24) is 4.31 Å². The molecule has 2 fully saturated rings. The van der Waals surface area contributed by atoms with Gasteiger partial charge in [-0.25, -0.2) is 8.42 Å². The number of rotatable bonds is 3. The molecule has 1 aliphatic heterocycles. The minimum Gasteiger partial charge on any atom is -0.323 e. The minimum absolute atomic E-state index is 0.0890. The first-order valence-corrected chi connectivity index (χ1v) is 6.26. The van der Waals surface area contributed by atoms with Crippen LogP contribution in [-0.2, 0) is 10.0 Å². The molecule has 1 heterocycles. The average Bonchev–Trinajstić information content (AvgIpc) is 2.80. The Morgan fingerprint density at radius 1 is 1.46 bits per heavy atom. The van der Waals surface area contributed by atoms with Crippen LogP contribution in [0.4, 0.5) is 0 Å². The molecule has 0 amide bonds. The first-order valence-electron chi connectivity index (χ1n) is 4.76. The standard InChI is InChI=1S/C8H16N2O2S/c1-2-8(9)5-10(6-8)13(11,12)7-3-4-7/h7H,2-6,9H2,1H3. The Kier molecular flexibility index (Phi) is 1.94. The largest absolute Gasteiger partial charge is 0.323 e. The SMILES string of the molecule is CCC1(N)CN(S(=O)(=O)C2CC2)C1. The smallest absolute Gasteiger partial charge is 0.217 e. The van der Waals surface area contributed by atoms with E-state index in [0.717, 1.165) is 19.3 Å². The molecule has 0 spiro atoms. The molecule has 0 aromatic heterocycles. The van der Waals surface area contributed by atoms with Crippen LogP contribution in [0.1, 0.15) is 26.2 Å². The third-order valence-corrected chi connectivity index (χ3v) is 5.28. The van der Waals surface area contributed by atoms with Crippen molar-refractivity contribution in [2.75, 3.05) is 13.1 Å². The van der Waals surface area contributed by atoms with Gasteiger partial charge in [-0.15, -0.1) is 0 Å². The summed E-state index contributed by atoms with van der Waals surface area (Å²) < 4.78 is 24.8. The molecular formula is C8H16N2O2S. The fourth-order valence-corrected chi connectivity index (χ4v) is 3.66. The minimum atomic E-state index is -2.96. The Labute approximate surface area is 79.1 Å². The van der Waals surface area contributed by atoms with Gasteiger partial charge in [0.05, 0.1) is 5.25 Å². The molecule has 1 saturated carbocycles. The summed E-state index contributed by atoms with van der Waals surface area (Å²) in [4.78, 5) is 0. The maximum Gasteiger partial charge on any atom is 0.217 e. The quantitative estimate of drug-likeness (QED) is 0.698. The van der Waals surface area contributed by atoms with Gasteiger partial charge in [0.25, 0.3) is 0 Å². The lowest BCUT2D eigenvalue weighted by Crippen LogP contribution is -2.68. The van der Waals surface area contributed by atoms with Gasteiger partial charge in [0.2, 0.25) is 10.0 Å². The highest BCUT2D eigenvalue weighted by Gasteiger charge is 2.49. The lowest BCUT2D eigenvalue weighted by atomic mass is 9.91. The number of nitrogens with zero attached hydrogens (tertiary/aromatic N) is 1. The average molecular weight is 204 g/mol. The molecule has 5 heteroatoms. The van der Waals surface area contributed by atoms with E-state index in [4.69, 9.17) is 5.73 Å². The van der Waals surface area contributed by atoms with Crippen molar-refractivity contribution in [3.8, 4) is 0 Å². The topological polar surface area (TPSA) is 63.4 Å². The molecule has 2 aliphatic rings. The van der Waals surface area contributed by atoms with Gasteiger partial charge in [-0.3, -0.25) is 0 Å². The molecule has 0 unspecified atom stereocenters. The summed E-state index contributed by atoms with van der Waals surface area (Å²) in [6, 6.07) is 0. The molecular weight excluding hydrogens is 188 g/mol. The predicted molar refractivity (Wildman–Crippen MR) is 50.7 cm³/mol. The summed E-state index contributed by atoms with van der Waals surface area (Å²) in [5, 5.41) is -0.0890. The third-order valence-electron chi connectivity index (χ3n) is 2.99. The van der Waals surface area contributed by atoms with E-state index in [9.17, 15) is 8.42 Å². The summed E-state index contributed by atoms with van der Waals surface area (Å²) >= 11 is 0. The predicted octanol–water partition coefficient (Wildman–Crippen LogP) is -0.0983. The zero-order chi connectivity index (χ0) is 9.69. The summed E-state index contributed by atoms with van der Waals surface area (Å²) in [5.41, 5.74) is 5.66. The highest BCUT2D eigenvalue weighted by molar-refractivity contribution is 7.90. The Morgan fingerprint density at radius 2 is 2.00 bits per heavy atom. The van der Waals surface area contributed by atoms with E-state index < -0.39 is 10.0 Å². The van der Waals surface area contributed by atoms with Gasteiger partial charge >= 0.3 is 0 Å². The Morgan fingerprint density at radius 3 is 2.38 bits per heavy atom. The molecule has 13 heavy (non-hydrogen) atoms. The monoisotopic (exact) mass is 204 g/mol. The summed E-state index contributed by atoms with van der Waals surface area (Å²) in [7, 11) is -2.96. The van der Waals surface area contributed by atoms with Gasteiger partial charge < -0.3 is 5.73 Å². The fraction of sp³-hybridized carbons (Fsp3) is 1.00. The van der Waals surface area contributed by atoms with Crippen LogP contribution in [0, 0.1) is 0 Å². The molecule has 0 bridgehead atoms. The van der Waals surface area contributed by atoms with E-state index in [1.54, 1.807) is 0 Å². The van der Waals surface area contributed by atoms with Crippen LogP contribution in [-0.4, -0.2) is 36.6 Å². The Balaban J connectivity index is 1.99. The fourth-order valence-electron chi connectivity index (χ4n) is 1.64. The second-order valence-electron chi connectivity index (χ2n) is 4.23. The number of hydrogen-bond acceptors (Lipinski definition) is 3. The van der Waals surface area contributed by atoms with Gasteiger partial charge in [0.1, 0.15) is 0 Å². The second-order valence-corrected chi connectivity index (χ2v) is 6.44. The van der Waals surface area contributed by atoms with E-state index in [0.29, 0.717) is 13.1 Å². The van der Waals surface area contributed by atoms with Crippen molar-refractivity contribution >= 4 is 10.0 Å². The van der Waals surface area contributed by atoms with Crippen LogP contribution in [0.15, 0.2) is 0 Å². The van der Waals surface area contributed by atoms with Crippen LogP contribution in [0.3, 0.4) is 0 Å². The van der Waals surface area contributed by atoms with Gasteiger partial charge in [0, 0.05) is 18.6 Å². The lowest BCUT2D eigenvalue weighted by Gasteiger charge is -2.46. The molecule has 76 valence electrons. The molecule has 1 saturated heterocycles. The van der Waals surface area contributed by atoms with Crippen LogP contribution in [0.25, 0.3) is 0 Å². The van der Waals surface area contributed by atoms with Crippen LogP contribution in [0.2, 0.25) is 0 Å². The maximum absolute atomic E-state index is 11.6. The molecule has 2 rings (SSSR count). The van der Waals surface area contributed by atoms with Crippen molar-refractivity contribution < 1.29 is 8.42 Å². The van der Waals surface area contributed by atoms with Gasteiger partial charge in [-0.2, -0.15) is 4.31 Å². The maximum atomic E-state index is 11.6. The van der Waals surface area contributed by atoms with Crippen LogP contribution < -0.4 is 5.73 Å². The van der Waals surface area contributed by atoms with Crippen molar-refractivity contribution in [1.29, 1.82) is 0 Å². The van der Waals surface area contributed by atoms with E-state index >= 15 is 0 Å². The Hall–Kier alpha value is -0.130. The normalized spacial score (nSPS) is 28.5.